The van der Waals surface area contributed by atoms with Crippen molar-refractivity contribution in [3.63, 3.8) is 0 Å². The molecule has 1 heterocycles. The van der Waals surface area contributed by atoms with Crippen molar-refractivity contribution in [2.45, 2.75) is 32.7 Å². The van der Waals surface area contributed by atoms with E-state index in [1.807, 2.05) is 11.0 Å². The van der Waals surface area contributed by atoms with E-state index >= 15 is 0 Å². The Morgan fingerprint density at radius 3 is 2.78 bits per heavy atom. The normalized spacial score (nSPS) is 24.1. The van der Waals surface area contributed by atoms with E-state index in [9.17, 15) is 4.79 Å². The van der Waals surface area contributed by atoms with Crippen LogP contribution < -0.4 is 5.73 Å². The zero-order chi connectivity index (χ0) is 13.3. The summed E-state index contributed by atoms with van der Waals surface area (Å²) in [5.41, 5.74) is 7.07. The number of rotatable bonds is 1. The molecule has 98 valence electrons. The molecule has 0 radical (unpaired) electrons. The molecule has 1 aliphatic rings. The zero-order valence-electron chi connectivity index (χ0n) is 10.8. The fourth-order valence-corrected chi connectivity index (χ4v) is 3.03. The third-order valence-corrected chi connectivity index (χ3v) is 4.26. The first-order chi connectivity index (χ1) is 8.49. The van der Waals surface area contributed by atoms with Crippen LogP contribution in [0, 0.1) is 5.92 Å². The number of likely N-dealkylation sites (tertiary alicyclic amines) is 1. The third kappa shape index (κ3) is 2.69. The van der Waals surface area contributed by atoms with E-state index in [-0.39, 0.29) is 5.91 Å². The van der Waals surface area contributed by atoms with Crippen LogP contribution in [-0.2, 0) is 0 Å². The van der Waals surface area contributed by atoms with Gasteiger partial charge in [-0.15, -0.1) is 0 Å². The molecule has 2 rings (SSSR count). The molecule has 2 unspecified atom stereocenters. The molecule has 4 heteroatoms. The molecule has 1 amide bonds. The van der Waals surface area contributed by atoms with Gasteiger partial charge in [0.05, 0.1) is 0 Å². The van der Waals surface area contributed by atoms with E-state index in [2.05, 4.69) is 29.8 Å². The molecule has 0 aromatic heterocycles. The lowest BCUT2D eigenvalue weighted by Crippen LogP contribution is -2.46. The van der Waals surface area contributed by atoms with Crippen LogP contribution in [0.5, 0.6) is 0 Å². The molecule has 0 saturated carbocycles. The largest absolute Gasteiger partial charge is 0.399 e. The predicted molar refractivity (Wildman–Crippen MR) is 77.5 cm³/mol. The summed E-state index contributed by atoms with van der Waals surface area (Å²) in [4.78, 5) is 14.5. The highest BCUT2D eigenvalue weighted by molar-refractivity contribution is 9.10. The number of nitrogens with zero attached hydrogens (tertiary/aromatic N) is 1. The maximum absolute atomic E-state index is 12.5. The molecular weight excluding hydrogens is 292 g/mol. The number of amides is 1. The Balaban J connectivity index is 2.24. The Labute approximate surface area is 116 Å². The summed E-state index contributed by atoms with van der Waals surface area (Å²) < 4.78 is 0.851. The van der Waals surface area contributed by atoms with Gasteiger partial charge in [-0.25, -0.2) is 0 Å². The summed E-state index contributed by atoms with van der Waals surface area (Å²) in [6.07, 6.45) is 2.28. The Kier molecular flexibility index (Phi) is 3.95. The van der Waals surface area contributed by atoms with Crippen molar-refractivity contribution < 1.29 is 4.79 Å². The monoisotopic (exact) mass is 310 g/mol. The van der Waals surface area contributed by atoms with Crippen molar-refractivity contribution >= 4 is 27.5 Å². The quantitative estimate of drug-likeness (QED) is 0.809. The first kappa shape index (κ1) is 13.4. The van der Waals surface area contributed by atoms with Crippen LogP contribution in [0.15, 0.2) is 22.7 Å². The Hall–Kier alpha value is -1.03. The second kappa shape index (κ2) is 5.31. The number of halogens is 1. The molecule has 0 bridgehead atoms. The molecule has 0 aliphatic carbocycles. The van der Waals surface area contributed by atoms with Gasteiger partial charge >= 0.3 is 0 Å². The van der Waals surface area contributed by atoms with E-state index in [4.69, 9.17) is 5.73 Å². The lowest BCUT2D eigenvalue weighted by atomic mass is 9.91. The highest BCUT2D eigenvalue weighted by Gasteiger charge is 2.29. The lowest BCUT2D eigenvalue weighted by molar-refractivity contribution is 0.0551. The number of hydrogen-bond donors (Lipinski definition) is 1. The number of benzene rings is 1. The Bertz CT molecular complexity index is 441. The second-order valence-corrected chi connectivity index (χ2v) is 6.05. The summed E-state index contributed by atoms with van der Waals surface area (Å²) in [5, 5.41) is 0. The molecule has 1 fully saturated rings. The van der Waals surface area contributed by atoms with Gasteiger partial charge in [0, 0.05) is 28.3 Å². The van der Waals surface area contributed by atoms with Crippen molar-refractivity contribution in [2.24, 2.45) is 5.92 Å². The molecule has 1 aliphatic heterocycles. The summed E-state index contributed by atoms with van der Waals surface area (Å²) >= 11 is 3.38. The number of anilines is 1. The smallest absolute Gasteiger partial charge is 0.254 e. The Morgan fingerprint density at radius 2 is 2.11 bits per heavy atom. The maximum atomic E-state index is 12.5. The summed E-state index contributed by atoms with van der Waals surface area (Å²) in [6, 6.07) is 5.69. The molecule has 18 heavy (non-hydrogen) atoms. The minimum Gasteiger partial charge on any atom is -0.399 e. The van der Waals surface area contributed by atoms with Gasteiger partial charge < -0.3 is 10.6 Å². The average molecular weight is 311 g/mol. The number of nitrogen functional groups attached to an aromatic ring is 1. The van der Waals surface area contributed by atoms with Gasteiger partial charge in [0.2, 0.25) is 0 Å². The van der Waals surface area contributed by atoms with Gasteiger partial charge in [0.15, 0.2) is 0 Å². The van der Waals surface area contributed by atoms with Gasteiger partial charge in [-0.3, -0.25) is 4.79 Å². The molecule has 2 N–H and O–H groups in total. The predicted octanol–water partition coefficient (Wildman–Crippen LogP) is 3.29. The SMILES string of the molecule is CC1CCCN(C(=O)c2cc(N)cc(Br)c2)C1C. The van der Waals surface area contributed by atoms with Crippen LogP contribution in [0.3, 0.4) is 0 Å². The lowest BCUT2D eigenvalue weighted by Gasteiger charge is -2.38. The molecule has 0 spiro atoms. The maximum Gasteiger partial charge on any atom is 0.254 e. The topological polar surface area (TPSA) is 46.3 Å². The van der Waals surface area contributed by atoms with Crippen LogP contribution in [0.4, 0.5) is 5.69 Å². The van der Waals surface area contributed by atoms with Crippen molar-refractivity contribution in [2.75, 3.05) is 12.3 Å². The number of piperidine rings is 1. The third-order valence-electron chi connectivity index (χ3n) is 3.80. The zero-order valence-corrected chi connectivity index (χ0v) is 12.4. The molecule has 1 aromatic rings. The summed E-state index contributed by atoms with van der Waals surface area (Å²) in [7, 11) is 0. The molecular formula is C14H19BrN2O. The fraction of sp³-hybridized carbons (Fsp3) is 0.500. The number of carbonyl (C=O) groups excluding carboxylic acids is 1. The van der Waals surface area contributed by atoms with Gasteiger partial charge in [-0.1, -0.05) is 22.9 Å². The van der Waals surface area contributed by atoms with Crippen LogP contribution >= 0.6 is 15.9 Å². The van der Waals surface area contributed by atoms with E-state index in [0.717, 1.165) is 17.4 Å². The van der Waals surface area contributed by atoms with Crippen LogP contribution in [0.1, 0.15) is 37.0 Å². The minimum absolute atomic E-state index is 0.0852. The van der Waals surface area contributed by atoms with Crippen molar-refractivity contribution in [3.8, 4) is 0 Å². The first-order valence-corrected chi connectivity index (χ1v) is 7.15. The van der Waals surface area contributed by atoms with E-state index in [0.29, 0.717) is 23.2 Å². The van der Waals surface area contributed by atoms with E-state index in [1.165, 1.54) is 6.42 Å². The molecule has 2 atom stereocenters. The summed E-state index contributed by atoms with van der Waals surface area (Å²) in [6.45, 7) is 5.18. The number of hydrogen-bond acceptors (Lipinski definition) is 2. The molecule has 3 nitrogen and oxygen atoms in total. The van der Waals surface area contributed by atoms with Crippen LogP contribution in [0.25, 0.3) is 0 Å². The molecule has 1 saturated heterocycles. The van der Waals surface area contributed by atoms with E-state index < -0.39 is 0 Å². The standard InChI is InChI=1S/C14H19BrN2O/c1-9-4-3-5-17(10(9)2)14(18)11-6-12(15)8-13(16)7-11/h6-10H,3-5,16H2,1-2H3. The highest BCUT2D eigenvalue weighted by Crippen LogP contribution is 2.26. The highest BCUT2D eigenvalue weighted by atomic mass is 79.9. The fourth-order valence-electron chi connectivity index (χ4n) is 2.52. The van der Waals surface area contributed by atoms with Crippen molar-refractivity contribution in [1.29, 1.82) is 0 Å². The second-order valence-electron chi connectivity index (χ2n) is 5.13. The van der Waals surface area contributed by atoms with Crippen LogP contribution in [-0.4, -0.2) is 23.4 Å². The number of nitrogens with two attached hydrogens (primary N) is 1. The average Bonchev–Trinajstić information content (AvgIpc) is 2.30. The number of carbonyl (C=O) groups is 1. The minimum atomic E-state index is 0.0852. The van der Waals surface area contributed by atoms with Gasteiger partial charge in [-0.2, -0.15) is 0 Å². The van der Waals surface area contributed by atoms with E-state index in [1.54, 1.807) is 12.1 Å². The van der Waals surface area contributed by atoms with Crippen LogP contribution in [0.2, 0.25) is 0 Å². The summed E-state index contributed by atoms with van der Waals surface area (Å²) in [5.74, 6) is 0.647. The van der Waals surface area contributed by atoms with Crippen molar-refractivity contribution in [3.05, 3.63) is 28.2 Å². The van der Waals surface area contributed by atoms with Gasteiger partial charge in [0.1, 0.15) is 0 Å². The molecule has 1 aromatic carbocycles. The Morgan fingerprint density at radius 1 is 1.39 bits per heavy atom. The van der Waals surface area contributed by atoms with Crippen molar-refractivity contribution in [1.82, 2.24) is 4.90 Å². The van der Waals surface area contributed by atoms with Gasteiger partial charge in [0.25, 0.3) is 5.91 Å². The first-order valence-electron chi connectivity index (χ1n) is 6.36. The van der Waals surface area contributed by atoms with Gasteiger partial charge in [-0.05, 0) is 43.9 Å².